The van der Waals surface area contributed by atoms with Crippen LogP contribution in [0, 0.1) is 0 Å². The third kappa shape index (κ3) is 3.55. The van der Waals surface area contributed by atoms with Crippen molar-refractivity contribution in [2.45, 2.75) is 19.3 Å². The second-order valence-electron chi connectivity index (χ2n) is 12.5. The summed E-state index contributed by atoms with van der Waals surface area (Å²) < 4.78 is 3.73. The van der Waals surface area contributed by atoms with E-state index in [-0.39, 0.29) is 32.7 Å². The summed E-state index contributed by atoms with van der Waals surface area (Å²) in [7, 11) is 31.8. The van der Waals surface area contributed by atoms with Crippen LogP contribution in [0.1, 0.15) is 25.0 Å². The van der Waals surface area contributed by atoms with Gasteiger partial charge in [0.15, 0.2) is 5.82 Å². The van der Waals surface area contributed by atoms with Crippen LogP contribution in [0.5, 0.6) is 0 Å². The van der Waals surface area contributed by atoms with E-state index in [9.17, 15) is 0 Å². The Morgan fingerprint density at radius 2 is 1.33 bits per heavy atom. The molecule has 0 saturated heterocycles. The normalized spacial score (nSPS) is 13.6. The summed E-state index contributed by atoms with van der Waals surface area (Å²) in [6.45, 7) is 4.59. The molecule has 3 aromatic heterocycles. The number of rotatable bonds is 2. The van der Waals surface area contributed by atoms with E-state index in [0.29, 0.717) is 17.1 Å². The van der Waals surface area contributed by atoms with E-state index in [4.69, 9.17) is 49.2 Å². The van der Waals surface area contributed by atoms with Gasteiger partial charge >= 0.3 is 0 Å². The number of fused-ring (bicyclic) bond motifs is 8. The molecule has 0 spiro atoms. The number of thiophene rings is 1. The molecular weight excluding hydrogens is 573 g/mol. The highest BCUT2D eigenvalue weighted by atomic mass is 32.1. The van der Waals surface area contributed by atoms with Gasteiger partial charge in [-0.25, -0.2) is 9.97 Å². The summed E-state index contributed by atoms with van der Waals surface area (Å²) in [5.41, 5.74) is 8.28. The summed E-state index contributed by atoms with van der Waals surface area (Å²) in [6.07, 6.45) is 0. The van der Waals surface area contributed by atoms with Gasteiger partial charge in [-0.1, -0.05) is 79.4 Å². The fraction of sp³-hybridized carbons (Fsp3) is 0.0811. The maximum absolute atomic E-state index is 6.53. The summed E-state index contributed by atoms with van der Waals surface area (Å²) in [4.78, 5) is 11.4. The number of hydrogen-bond acceptors (Lipinski definition) is 3. The Bertz CT molecular complexity index is 2610. The van der Waals surface area contributed by atoms with Gasteiger partial charge in [0.25, 0.3) is 0 Å². The number of nitrogens with zero attached hydrogens (tertiary/aromatic N) is 3. The van der Waals surface area contributed by atoms with E-state index in [1.165, 1.54) is 42.3 Å². The van der Waals surface area contributed by atoms with Crippen LogP contribution in [0.4, 0.5) is 0 Å². The van der Waals surface area contributed by atoms with E-state index >= 15 is 0 Å². The van der Waals surface area contributed by atoms with Crippen molar-refractivity contribution in [2.75, 3.05) is 0 Å². The SMILES string of the molecule is [B]c1c([B])c([B])c(-c2nc(-c3ccc4c(c3)C(C)(C)c3cccc5c6c7ccccc7sc6n-4c35)nc3ccccc23)c([B])c1[B]. The van der Waals surface area contributed by atoms with E-state index in [0.717, 1.165) is 22.2 Å². The molecule has 0 N–H and O–H groups in total. The predicted octanol–water partition coefficient (Wildman–Crippen LogP) is 3.88. The molecule has 0 unspecified atom stereocenters. The van der Waals surface area contributed by atoms with E-state index in [1.807, 2.05) is 35.6 Å². The first-order chi connectivity index (χ1) is 22.2. The van der Waals surface area contributed by atoms with Crippen molar-refractivity contribution in [1.82, 2.24) is 14.5 Å². The minimum absolute atomic E-state index is 0.168. The van der Waals surface area contributed by atoms with Gasteiger partial charge in [-0.05, 0) is 47.0 Å². The molecule has 10 radical (unpaired) electrons. The van der Waals surface area contributed by atoms with E-state index < -0.39 is 0 Å². The van der Waals surface area contributed by atoms with E-state index in [2.05, 4.69) is 79.1 Å². The second kappa shape index (κ2) is 9.53. The zero-order valence-electron chi connectivity index (χ0n) is 25.2. The lowest BCUT2D eigenvalue weighted by Crippen LogP contribution is -2.55. The van der Waals surface area contributed by atoms with Crippen molar-refractivity contribution >= 4 is 120 Å². The standard InChI is InChI=1S/C37H20B5N3S/c1-37(2)21-11-7-10-20-26-19-9-4-6-13-25(19)46-36(26)45(34(20)21)24-15-14-17(16-22(24)37)35-43-23-12-5-3-8-18(23)33(44-35)27-28(38)30(40)32(42)31(41)29(27)39/h3-16H,1-2H3. The zero-order chi connectivity index (χ0) is 31.6. The average Bonchev–Trinajstić information content (AvgIpc) is 3.60. The Labute approximate surface area is 277 Å². The van der Waals surface area contributed by atoms with Crippen molar-refractivity contribution in [1.29, 1.82) is 0 Å². The van der Waals surface area contributed by atoms with Gasteiger partial charge in [-0.15, -0.1) is 27.7 Å². The van der Waals surface area contributed by atoms with Crippen LogP contribution < -0.4 is 27.3 Å². The fourth-order valence-electron chi connectivity index (χ4n) is 7.29. The van der Waals surface area contributed by atoms with Gasteiger partial charge in [0.1, 0.15) is 44.1 Å². The molecule has 1 aliphatic heterocycles. The minimum atomic E-state index is -0.286. The summed E-state index contributed by atoms with van der Waals surface area (Å²) in [6, 6.07) is 29.6. The van der Waals surface area contributed by atoms with Gasteiger partial charge in [-0.2, -0.15) is 0 Å². The lowest BCUT2D eigenvalue weighted by atomic mass is 9.60. The number of para-hydroxylation sites is 2. The van der Waals surface area contributed by atoms with Crippen LogP contribution in [-0.2, 0) is 5.41 Å². The Hall–Kier alpha value is -4.48. The van der Waals surface area contributed by atoms with Crippen molar-refractivity contribution < 1.29 is 0 Å². The zero-order valence-corrected chi connectivity index (χ0v) is 26.0. The number of aromatic nitrogens is 3. The van der Waals surface area contributed by atoms with Crippen molar-refractivity contribution in [3.8, 4) is 28.3 Å². The largest absolute Gasteiger partial charge is 0.300 e. The van der Waals surface area contributed by atoms with Crippen LogP contribution in [0.15, 0.2) is 84.9 Å². The highest BCUT2D eigenvalue weighted by molar-refractivity contribution is 7.25. The Morgan fingerprint density at radius 1 is 0.652 bits per heavy atom. The highest BCUT2D eigenvalue weighted by Gasteiger charge is 2.36. The molecule has 5 aromatic carbocycles. The summed E-state index contributed by atoms with van der Waals surface area (Å²) >= 11 is 1.84. The van der Waals surface area contributed by atoms with Gasteiger partial charge in [-0.3, -0.25) is 0 Å². The third-order valence-electron chi connectivity index (χ3n) is 9.69. The molecule has 0 aliphatic carbocycles. The first kappa shape index (κ1) is 27.8. The first-order valence-electron chi connectivity index (χ1n) is 15.1. The van der Waals surface area contributed by atoms with Crippen molar-refractivity contribution in [3.63, 3.8) is 0 Å². The second-order valence-corrected chi connectivity index (χ2v) is 13.6. The minimum Gasteiger partial charge on any atom is -0.300 e. The Kier molecular flexibility index (Phi) is 5.76. The smallest absolute Gasteiger partial charge is 0.160 e. The first-order valence-corrected chi connectivity index (χ1v) is 15.9. The maximum atomic E-state index is 6.53. The van der Waals surface area contributed by atoms with E-state index in [1.54, 1.807) is 0 Å². The van der Waals surface area contributed by atoms with Crippen LogP contribution in [0.2, 0.25) is 0 Å². The number of hydrogen-bond donors (Lipinski definition) is 0. The Balaban J connectivity index is 1.32. The van der Waals surface area contributed by atoms with Gasteiger partial charge in [0.05, 0.1) is 22.4 Å². The van der Waals surface area contributed by atoms with Crippen LogP contribution in [0.3, 0.4) is 0 Å². The molecular formula is C37H20B5N3S. The lowest BCUT2D eigenvalue weighted by molar-refractivity contribution is 0.630. The monoisotopic (exact) mass is 593 g/mol. The summed E-state index contributed by atoms with van der Waals surface area (Å²) in [5, 5.41) is 4.67. The summed E-state index contributed by atoms with van der Waals surface area (Å²) in [5.74, 6) is 0.545. The van der Waals surface area contributed by atoms with Crippen LogP contribution in [-0.4, -0.2) is 53.8 Å². The molecule has 4 heterocycles. The van der Waals surface area contributed by atoms with Gasteiger partial charge < -0.3 is 4.57 Å². The van der Waals surface area contributed by atoms with Crippen LogP contribution in [0.25, 0.3) is 70.4 Å². The van der Waals surface area contributed by atoms with Gasteiger partial charge in [0.2, 0.25) is 0 Å². The third-order valence-corrected chi connectivity index (χ3v) is 10.8. The highest BCUT2D eigenvalue weighted by Crippen LogP contribution is 2.51. The average molecular weight is 593 g/mol. The molecule has 0 saturated carbocycles. The molecule has 8 aromatic rings. The Morgan fingerprint density at radius 3 is 2.11 bits per heavy atom. The molecule has 0 amide bonds. The molecule has 204 valence electrons. The van der Waals surface area contributed by atoms with Crippen molar-refractivity contribution in [2.24, 2.45) is 0 Å². The molecule has 0 bridgehead atoms. The topological polar surface area (TPSA) is 30.7 Å². The fourth-order valence-corrected chi connectivity index (χ4v) is 8.53. The molecule has 9 rings (SSSR count). The van der Waals surface area contributed by atoms with Crippen LogP contribution >= 0.6 is 11.3 Å². The molecule has 1 aliphatic rings. The maximum Gasteiger partial charge on any atom is 0.160 e. The molecule has 9 heteroatoms. The number of benzene rings is 5. The molecule has 0 fully saturated rings. The van der Waals surface area contributed by atoms with Gasteiger partial charge in [0, 0.05) is 37.2 Å². The molecule has 3 nitrogen and oxygen atoms in total. The lowest BCUT2D eigenvalue weighted by Gasteiger charge is -2.35. The molecule has 46 heavy (non-hydrogen) atoms. The van der Waals surface area contributed by atoms with Crippen molar-refractivity contribution in [3.05, 3.63) is 96.1 Å². The predicted molar refractivity (Wildman–Crippen MR) is 199 cm³/mol. The quantitative estimate of drug-likeness (QED) is 0.286. The molecule has 0 atom stereocenters.